The molecule has 3 N–H and O–H groups in total. The van der Waals surface area contributed by atoms with Crippen LogP contribution in [0.15, 0.2) is 41.4 Å². The highest BCUT2D eigenvalue weighted by atomic mass is 19.1. The Hall–Kier alpha value is -3.22. The Balaban J connectivity index is 1.95. The molecule has 144 valence electrons. The molecule has 1 unspecified atom stereocenters. The number of halogens is 1. The molecule has 0 aromatic heterocycles. The van der Waals surface area contributed by atoms with E-state index in [1.165, 1.54) is 11.0 Å². The first kappa shape index (κ1) is 18.2. The molecule has 2 aliphatic heterocycles. The van der Waals surface area contributed by atoms with Gasteiger partial charge in [-0.05, 0) is 31.5 Å². The monoisotopic (exact) mass is 380 g/mol. The topological polar surface area (TPSA) is 91.8 Å². The molecule has 2 aromatic rings. The number of hydrogen-bond donors (Lipinski definition) is 2. The van der Waals surface area contributed by atoms with E-state index in [1.54, 1.807) is 37.4 Å². The lowest BCUT2D eigenvalue weighted by Gasteiger charge is -2.41. The molecule has 0 aliphatic carbocycles. The van der Waals surface area contributed by atoms with Gasteiger partial charge in [-0.3, -0.25) is 9.69 Å². The number of guanidine groups is 1. The quantitative estimate of drug-likeness (QED) is 0.785. The van der Waals surface area contributed by atoms with Crippen molar-refractivity contribution in [1.82, 2.24) is 4.90 Å². The van der Waals surface area contributed by atoms with Gasteiger partial charge in [0.25, 0.3) is 5.91 Å². The predicted molar refractivity (Wildman–Crippen MR) is 105 cm³/mol. The van der Waals surface area contributed by atoms with Crippen LogP contribution in [0.4, 0.5) is 4.39 Å². The van der Waals surface area contributed by atoms with Crippen molar-refractivity contribution in [3.63, 3.8) is 0 Å². The number of amides is 1. The molecule has 0 fully saturated rings. The highest BCUT2D eigenvalue weighted by Crippen LogP contribution is 2.49. The van der Waals surface area contributed by atoms with Crippen LogP contribution in [-0.2, 0) is 10.3 Å². The van der Waals surface area contributed by atoms with Crippen LogP contribution in [0.2, 0.25) is 0 Å². The van der Waals surface area contributed by atoms with Crippen LogP contribution in [0.3, 0.4) is 0 Å². The first-order valence-corrected chi connectivity index (χ1v) is 8.95. The number of rotatable bonds is 2. The Morgan fingerprint density at radius 2 is 2.07 bits per heavy atom. The molecule has 0 saturated carbocycles. The Labute approximate surface area is 162 Å². The van der Waals surface area contributed by atoms with Gasteiger partial charge in [0.05, 0.1) is 0 Å². The van der Waals surface area contributed by atoms with Gasteiger partial charge in [0.1, 0.15) is 17.2 Å². The van der Waals surface area contributed by atoms with Crippen LogP contribution in [0, 0.1) is 11.2 Å². The summed E-state index contributed by atoms with van der Waals surface area (Å²) in [5.74, 6) is -0.0326. The Bertz CT molecular complexity index is 1050. The molecule has 7 heteroatoms. The highest BCUT2D eigenvalue weighted by Gasteiger charge is 2.55. The third kappa shape index (κ3) is 2.50. The lowest BCUT2D eigenvalue weighted by Crippen LogP contribution is -2.49. The fraction of sp³-hybridized carbons (Fsp3) is 0.286. The third-order valence-corrected chi connectivity index (χ3v) is 5.30. The number of nitrogens with two attached hydrogens (primary N) is 1. The van der Waals surface area contributed by atoms with E-state index in [4.69, 9.17) is 15.9 Å². The number of benzene rings is 2. The van der Waals surface area contributed by atoms with Gasteiger partial charge in [0, 0.05) is 36.4 Å². The average molecular weight is 380 g/mol. The van der Waals surface area contributed by atoms with E-state index in [2.05, 4.69) is 4.99 Å². The second kappa shape index (κ2) is 5.89. The summed E-state index contributed by atoms with van der Waals surface area (Å²) in [6.07, 6.45) is 1.30. The van der Waals surface area contributed by atoms with Crippen molar-refractivity contribution < 1.29 is 13.9 Å². The fourth-order valence-corrected chi connectivity index (χ4v) is 4.03. The van der Waals surface area contributed by atoms with Gasteiger partial charge in [-0.25, -0.2) is 9.38 Å². The average Bonchev–Trinajstić information content (AvgIpc) is 2.85. The van der Waals surface area contributed by atoms with Gasteiger partial charge in [0.2, 0.25) is 0 Å². The van der Waals surface area contributed by atoms with Crippen molar-refractivity contribution >= 4 is 18.1 Å². The number of nitrogens with one attached hydrogen (secondary N) is 1. The third-order valence-electron chi connectivity index (χ3n) is 5.30. The standard InChI is InChI=1S/C21H21FN4O2/c1-20(2)11-21(18(27)26(3)19(24)25-21)15-9-12(7-8-16(15)28-20)14-6-4-5-13(10-23)17(14)22/h4-10,23H,11H2,1-3H3,(H2,24,25). The van der Waals surface area contributed by atoms with Crippen molar-refractivity contribution in [3.8, 4) is 16.9 Å². The lowest BCUT2D eigenvalue weighted by molar-refractivity contribution is -0.133. The van der Waals surface area contributed by atoms with Gasteiger partial charge in [-0.15, -0.1) is 0 Å². The first-order chi connectivity index (χ1) is 13.2. The second-order valence-corrected chi connectivity index (χ2v) is 7.80. The fourth-order valence-electron chi connectivity index (χ4n) is 4.03. The summed E-state index contributed by atoms with van der Waals surface area (Å²) in [7, 11) is 1.59. The van der Waals surface area contributed by atoms with Crippen LogP contribution < -0.4 is 10.5 Å². The van der Waals surface area contributed by atoms with Crippen molar-refractivity contribution in [3.05, 3.63) is 53.3 Å². The molecule has 0 bridgehead atoms. The number of aliphatic imine (C=N–C) groups is 1. The number of fused-ring (bicyclic) bond motifs is 2. The predicted octanol–water partition coefficient (Wildman–Crippen LogP) is 3.03. The molecule has 1 atom stereocenters. The Kier molecular flexibility index (Phi) is 3.82. The number of hydrogen-bond acceptors (Lipinski definition) is 5. The second-order valence-electron chi connectivity index (χ2n) is 7.80. The number of carbonyl (C=O) groups is 1. The van der Waals surface area contributed by atoms with Crippen molar-refractivity contribution in [1.29, 1.82) is 5.41 Å². The van der Waals surface area contributed by atoms with Crippen molar-refractivity contribution in [2.75, 3.05) is 7.05 Å². The molecule has 2 aromatic carbocycles. The largest absolute Gasteiger partial charge is 0.487 e. The minimum atomic E-state index is -1.19. The van der Waals surface area contributed by atoms with Gasteiger partial charge in [0.15, 0.2) is 11.5 Å². The number of carbonyl (C=O) groups excluding carboxylic acids is 1. The smallest absolute Gasteiger partial charge is 0.261 e. The van der Waals surface area contributed by atoms with E-state index in [-0.39, 0.29) is 17.4 Å². The van der Waals surface area contributed by atoms with Gasteiger partial charge < -0.3 is 15.9 Å². The summed E-state index contributed by atoms with van der Waals surface area (Å²) >= 11 is 0. The number of likely N-dealkylation sites (N-methyl/N-ethyl adjacent to an activating group) is 1. The van der Waals surface area contributed by atoms with E-state index >= 15 is 0 Å². The number of ether oxygens (including phenoxy) is 1. The van der Waals surface area contributed by atoms with Crippen LogP contribution >= 0.6 is 0 Å². The summed E-state index contributed by atoms with van der Waals surface area (Å²) in [4.78, 5) is 19.0. The lowest BCUT2D eigenvalue weighted by atomic mass is 9.77. The molecule has 1 amide bonds. The minimum Gasteiger partial charge on any atom is -0.487 e. The zero-order chi connectivity index (χ0) is 20.3. The zero-order valence-corrected chi connectivity index (χ0v) is 15.9. The van der Waals surface area contributed by atoms with Crippen LogP contribution in [-0.4, -0.2) is 35.6 Å². The van der Waals surface area contributed by atoms with E-state index < -0.39 is 17.0 Å². The SMILES string of the molecule is CN1C(=O)C2(CC(C)(C)Oc3ccc(-c4cccc(C=N)c4F)cc32)N=C1N. The van der Waals surface area contributed by atoms with Gasteiger partial charge in [-0.2, -0.15) is 0 Å². The first-order valence-electron chi connectivity index (χ1n) is 8.95. The molecule has 2 aliphatic rings. The maximum absolute atomic E-state index is 14.8. The van der Waals surface area contributed by atoms with Crippen molar-refractivity contribution in [2.45, 2.75) is 31.4 Å². The molecule has 2 heterocycles. The Morgan fingerprint density at radius 1 is 1.32 bits per heavy atom. The molecular weight excluding hydrogens is 359 g/mol. The van der Waals surface area contributed by atoms with Crippen molar-refractivity contribution in [2.24, 2.45) is 10.7 Å². The summed E-state index contributed by atoms with van der Waals surface area (Å²) in [5, 5.41) is 7.37. The summed E-state index contributed by atoms with van der Waals surface area (Å²) in [6.45, 7) is 3.80. The van der Waals surface area contributed by atoms with Crippen LogP contribution in [0.1, 0.15) is 31.4 Å². The van der Waals surface area contributed by atoms with Gasteiger partial charge in [-0.1, -0.05) is 24.3 Å². The zero-order valence-electron chi connectivity index (χ0n) is 15.9. The summed E-state index contributed by atoms with van der Waals surface area (Å²) < 4.78 is 20.9. The van der Waals surface area contributed by atoms with Crippen LogP contribution in [0.25, 0.3) is 11.1 Å². The Morgan fingerprint density at radius 3 is 2.71 bits per heavy atom. The summed E-state index contributed by atoms with van der Waals surface area (Å²) in [5.41, 5.74) is 5.84. The van der Waals surface area contributed by atoms with Gasteiger partial charge >= 0.3 is 0 Å². The van der Waals surface area contributed by atoms with E-state index in [0.717, 1.165) is 6.21 Å². The van der Waals surface area contributed by atoms with E-state index in [0.29, 0.717) is 28.9 Å². The molecule has 28 heavy (non-hydrogen) atoms. The maximum atomic E-state index is 14.8. The molecule has 6 nitrogen and oxygen atoms in total. The highest BCUT2D eigenvalue weighted by molar-refractivity contribution is 6.07. The molecule has 4 rings (SSSR count). The normalized spacial score (nSPS) is 22.6. The minimum absolute atomic E-state index is 0.149. The molecular formula is C21H21FN4O2. The van der Waals surface area contributed by atoms with Crippen LogP contribution in [0.5, 0.6) is 5.75 Å². The van der Waals surface area contributed by atoms with E-state index in [9.17, 15) is 9.18 Å². The summed E-state index contributed by atoms with van der Waals surface area (Å²) in [6, 6.07) is 10.1. The number of nitrogens with zero attached hydrogens (tertiary/aromatic N) is 2. The maximum Gasteiger partial charge on any atom is 0.261 e. The molecule has 0 radical (unpaired) electrons. The molecule has 1 spiro atoms. The molecule has 0 saturated heterocycles. The van der Waals surface area contributed by atoms with E-state index in [1.807, 2.05) is 13.8 Å².